The standard InChI is InChI=1S/C19H34N2O3S/c1-2-15-3-5-17(6-4-15)19(22)20-18-8-11-21(13-18)10-7-16-9-12-25(23,24)14-16/h15-18H,2-14H2,1H3,(H,20,22)/t15?,16?,17?,18-/m0/s1. The van der Waals surface area contributed by atoms with Gasteiger partial charge in [-0.25, -0.2) is 8.42 Å². The fourth-order valence-corrected chi connectivity index (χ4v) is 6.68. The maximum atomic E-state index is 12.5. The summed E-state index contributed by atoms with van der Waals surface area (Å²) >= 11 is 0. The van der Waals surface area contributed by atoms with Crippen LogP contribution in [0.5, 0.6) is 0 Å². The van der Waals surface area contributed by atoms with Crippen LogP contribution in [0.1, 0.15) is 58.3 Å². The van der Waals surface area contributed by atoms with Crippen LogP contribution in [0, 0.1) is 17.8 Å². The Labute approximate surface area is 152 Å². The van der Waals surface area contributed by atoms with Crippen LogP contribution in [0.4, 0.5) is 0 Å². The number of rotatable bonds is 6. The van der Waals surface area contributed by atoms with Crippen molar-refractivity contribution in [1.82, 2.24) is 10.2 Å². The van der Waals surface area contributed by atoms with Gasteiger partial charge < -0.3 is 10.2 Å². The van der Waals surface area contributed by atoms with Gasteiger partial charge in [0.15, 0.2) is 9.84 Å². The number of hydrogen-bond donors (Lipinski definition) is 1. The van der Waals surface area contributed by atoms with Crippen molar-refractivity contribution in [3.05, 3.63) is 0 Å². The Morgan fingerprint density at radius 1 is 1.08 bits per heavy atom. The summed E-state index contributed by atoms with van der Waals surface area (Å²) in [6.45, 7) is 5.16. The van der Waals surface area contributed by atoms with Gasteiger partial charge in [0.1, 0.15) is 0 Å². The van der Waals surface area contributed by atoms with Crippen molar-refractivity contribution in [2.45, 2.75) is 64.3 Å². The summed E-state index contributed by atoms with van der Waals surface area (Å²) in [6.07, 6.45) is 8.59. The van der Waals surface area contributed by atoms with E-state index in [2.05, 4.69) is 17.1 Å². The van der Waals surface area contributed by atoms with Gasteiger partial charge >= 0.3 is 0 Å². The molecule has 144 valence electrons. The van der Waals surface area contributed by atoms with Gasteiger partial charge in [-0.05, 0) is 63.3 Å². The van der Waals surface area contributed by atoms with E-state index in [1.807, 2.05) is 0 Å². The molecule has 1 N–H and O–H groups in total. The van der Waals surface area contributed by atoms with Crippen molar-refractivity contribution < 1.29 is 13.2 Å². The molecule has 2 saturated heterocycles. The van der Waals surface area contributed by atoms with Gasteiger partial charge in [0.25, 0.3) is 0 Å². The quantitative estimate of drug-likeness (QED) is 0.778. The van der Waals surface area contributed by atoms with E-state index in [9.17, 15) is 13.2 Å². The Morgan fingerprint density at radius 2 is 1.84 bits per heavy atom. The minimum Gasteiger partial charge on any atom is -0.352 e. The highest BCUT2D eigenvalue weighted by Crippen LogP contribution is 2.31. The Hall–Kier alpha value is -0.620. The molecule has 1 aliphatic carbocycles. The lowest BCUT2D eigenvalue weighted by Gasteiger charge is -2.28. The zero-order valence-corrected chi connectivity index (χ0v) is 16.4. The van der Waals surface area contributed by atoms with Crippen LogP contribution in [-0.4, -0.2) is 56.4 Å². The fraction of sp³-hybridized carbons (Fsp3) is 0.947. The van der Waals surface area contributed by atoms with Gasteiger partial charge in [-0.15, -0.1) is 0 Å². The first kappa shape index (κ1) is 19.2. The smallest absolute Gasteiger partial charge is 0.223 e. The number of sulfone groups is 1. The van der Waals surface area contributed by atoms with Crippen molar-refractivity contribution in [3.63, 3.8) is 0 Å². The molecule has 0 aromatic carbocycles. The predicted molar refractivity (Wildman–Crippen MR) is 100 cm³/mol. The average Bonchev–Trinajstić information content (AvgIpc) is 3.18. The summed E-state index contributed by atoms with van der Waals surface area (Å²) in [5.41, 5.74) is 0. The number of carbonyl (C=O) groups excluding carboxylic acids is 1. The van der Waals surface area contributed by atoms with E-state index >= 15 is 0 Å². The molecule has 3 fully saturated rings. The molecule has 25 heavy (non-hydrogen) atoms. The maximum absolute atomic E-state index is 12.5. The first-order chi connectivity index (χ1) is 11.9. The van der Waals surface area contributed by atoms with Gasteiger partial charge in [0.05, 0.1) is 11.5 Å². The number of hydrogen-bond acceptors (Lipinski definition) is 4. The van der Waals surface area contributed by atoms with Crippen LogP contribution < -0.4 is 5.32 Å². The molecular weight excluding hydrogens is 336 g/mol. The average molecular weight is 371 g/mol. The molecule has 1 saturated carbocycles. The highest BCUT2D eigenvalue weighted by molar-refractivity contribution is 7.91. The number of likely N-dealkylation sites (tertiary alicyclic amines) is 1. The molecule has 3 rings (SSSR count). The Bertz CT molecular complexity index is 555. The van der Waals surface area contributed by atoms with E-state index in [-0.39, 0.29) is 17.9 Å². The first-order valence-corrected chi connectivity index (χ1v) is 12.0. The number of nitrogens with zero attached hydrogens (tertiary/aromatic N) is 1. The minimum absolute atomic E-state index is 0.223. The topological polar surface area (TPSA) is 66.5 Å². The Balaban J connectivity index is 1.35. The molecule has 1 amide bonds. The van der Waals surface area contributed by atoms with E-state index in [1.54, 1.807) is 0 Å². The van der Waals surface area contributed by atoms with Crippen molar-refractivity contribution in [2.24, 2.45) is 17.8 Å². The predicted octanol–water partition coefficient (Wildman–Crippen LogP) is 2.22. The molecule has 0 radical (unpaired) electrons. The molecule has 2 atom stereocenters. The summed E-state index contributed by atoms with van der Waals surface area (Å²) in [6, 6.07) is 0.281. The Morgan fingerprint density at radius 3 is 2.48 bits per heavy atom. The summed E-state index contributed by atoms with van der Waals surface area (Å²) in [4.78, 5) is 14.9. The van der Waals surface area contributed by atoms with E-state index < -0.39 is 9.84 Å². The molecule has 2 heterocycles. The van der Waals surface area contributed by atoms with Crippen molar-refractivity contribution >= 4 is 15.7 Å². The lowest BCUT2D eigenvalue weighted by atomic mass is 9.80. The molecule has 5 nitrogen and oxygen atoms in total. The summed E-state index contributed by atoms with van der Waals surface area (Å²) < 4.78 is 23.1. The van der Waals surface area contributed by atoms with E-state index in [0.717, 1.165) is 57.7 Å². The van der Waals surface area contributed by atoms with E-state index in [0.29, 0.717) is 17.4 Å². The summed E-state index contributed by atoms with van der Waals surface area (Å²) in [5, 5.41) is 3.28. The molecule has 0 spiro atoms. The van der Waals surface area contributed by atoms with Crippen molar-refractivity contribution in [1.29, 1.82) is 0 Å². The van der Waals surface area contributed by atoms with E-state index in [4.69, 9.17) is 0 Å². The normalized spacial score (nSPS) is 35.7. The zero-order valence-electron chi connectivity index (χ0n) is 15.6. The van der Waals surface area contributed by atoms with Gasteiger partial charge in [-0.3, -0.25) is 4.79 Å². The van der Waals surface area contributed by atoms with Crippen LogP contribution >= 0.6 is 0 Å². The highest BCUT2D eigenvalue weighted by atomic mass is 32.2. The third-order valence-corrected chi connectivity index (χ3v) is 8.43. The largest absolute Gasteiger partial charge is 0.352 e. The molecule has 1 unspecified atom stereocenters. The molecule has 3 aliphatic rings. The second kappa shape index (κ2) is 8.38. The number of amides is 1. The maximum Gasteiger partial charge on any atom is 0.223 e. The molecule has 6 heteroatoms. The molecule has 0 bridgehead atoms. The molecule has 2 aliphatic heterocycles. The second-order valence-corrected chi connectivity index (χ2v) is 10.7. The van der Waals surface area contributed by atoms with Crippen LogP contribution in [0.2, 0.25) is 0 Å². The second-order valence-electron chi connectivity index (χ2n) is 8.48. The van der Waals surface area contributed by atoms with Crippen LogP contribution in [0.25, 0.3) is 0 Å². The summed E-state index contributed by atoms with van der Waals surface area (Å²) in [7, 11) is -2.76. The van der Waals surface area contributed by atoms with Crippen molar-refractivity contribution in [3.8, 4) is 0 Å². The summed E-state index contributed by atoms with van der Waals surface area (Å²) in [5.74, 6) is 2.40. The van der Waals surface area contributed by atoms with Crippen LogP contribution in [-0.2, 0) is 14.6 Å². The van der Waals surface area contributed by atoms with Gasteiger partial charge in [0.2, 0.25) is 5.91 Å². The van der Waals surface area contributed by atoms with Gasteiger partial charge in [0, 0.05) is 25.0 Å². The van der Waals surface area contributed by atoms with Crippen LogP contribution in [0.3, 0.4) is 0 Å². The SMILES string of the molecule is CCC1CCC(C(=O)N[C@H]2CCN(CCC3CCS(=O)(=O)C3)C2)CC1. The Kier molecular flexibility index (Phi) is 6.42. The zero-order chi connectivity index (χ0) is 17.9. The third-order valence-electron chi connectivity index (χ3n) is 6.59. The third kappa shape index (κ3) is 5.43. The van der Waals surface area contributed by atoms with Crippen LogP contribution in [0.15, 0.2) is 0 Å². The lowest BCUT2D eigenvalue weighted by Crippen LogP contribution is -2.41. The van der Waals surface area contributed by atoms with E-state index in [1.165, 1.54) is 19.3 Å². The highest BCUT2D eigenvalue weighted by Gasteiger charge is 2.31. The monoisotopic (exact) mass is 370 g/mol. The van der Waals surface area contributed by atoms with Gasteiger partial charge in [-0.2, -0.15) is 0 Å². The lowest BCUT2D eigenvalue weighted by molar-refractivity contribution is -0.126. The minimum atomic E-state index is -2.76. The molecule has 0 aromatic rings. The molecular formula is C19H34N2O3S. The molecule has 0 aromatic heterocycles. The first-order valence-electron chi connectivity index (χ1n) is 10.2. The fourth-order valence-electron chi connectivity index (χ4n) is 4.77. The van der Waals surface area contributed by atoms with Crippen molar-refractivity contribution in [2.75, 3.05) is 31.1 Å². The number of carbonyl (C=O) groups is 1. The van der Waals surface area contributed by atoms with Gasteiger partial charge in [-0.1, -0.05) is 13.3 Å². The number of nitrogens with one attached hydrogen (secondary N) is 1.